The number of piperidine rings is 1. The third kappa shape index (κ3) is 4.66. The zero-order valence-corrected chi connectivity index (χ0v) is 19.1. The number of imide groups is 1. The van der Waals surface area contributed by atoms with Crippen LogP contribution in [-0.4, -0.2) is 67.1 Å². The molecular formula is C25H24BN3O6. The summed E-state index contributed by atoms with van der Waals surface area (Å²) in [6.45, 7) is 2.09. The van der Waals surface area contributed by atoms with E-state index < -0.39 is 11.9 Å². The Kier molecular flexibility index (Phi) is 6.30. The molecule has 35 heavy (non-hydrogen) atoms. The molecule has 1 N–H and O–H groups in total. The second-order valence-corrected chi connectivity index (χ2v) is 8.87. The average Bonchev–Trinajstić information content (AvgIpc) is 3.17. The number of nitrogens with one attached hydrogen (secondary N) is 1. The van der Waals surface area contributed by atoms with Crippen molar-refractivity contribution < 1.29 is 28.7 Å². The van der Waals surface area contributed by atoms with Crippen molar-refractivity contribution in [3.8, 4) is 5.75 Å². The van der Waals surface area contributed by atoms with Gasteiger partial charge in [0.05, 0.1) is 13.2 Å². The number of rotatable bonds is 6. The third-order valence-electron chi connectivity index (χ3n) is 6.59. The summed E-state index contributed by atoms with van der Waals surface area (Å²) in [6, 6.07) is 10.2. The standard InChI is InChI=1S/C25H24BN3O6/c26-19-10-15(11-28-8-9-34-14-23(28)31)4-5-16(19)13-35-21-3-1-2-17-18(21)12-29(25(17)33)20-6-7-22(30)27-24(20)32/h1-5,10,20H,6-9,11-14H2,(H,27,30,32). The minimum atomic E-state index is -0.679. The molecule has 178 valence electrons. The Bertz CT molecular complexity index is 1220. The molecule has 5 rings (SSSR count). The van der Waals surface area contributed by atoms with Gasteiger partial charge in [0, 0.05) is 30.6 Å². The van der Waals surface area contributed by atoms with Gasteiger partial charge in [-0.25, -0.2) is 0 Å². The molecule has 1 unspecified atom stereocenters. The van der Waals surface area contributed by atoms with Gasteiger partial charge in [0.25, 0.3) is 5.91 Å². The molecule has 1 atom stereocenters. The Balaban J connectivity index is 1.26. The van der Waals surface area contributed by atoms with Crippen LogP contribution in [0.1, 0.15) is 39.9 Å². The number of hydrogen-bond donors (Lipinski definition) is 1. The highest BCUT2D eigenvalue weighted by Crippen LogP contribution is 2.33. The van der Waals surface area contributed by atoms with Crippen molar-refractivity contribution in [2.24, 2.45) is 0 Å². The second-order valence-electron chi connectivity index (χ2n) is 8.87. The van der Waals surface area contributed by atoms with Crippen molar-refractivity contribution in [1.82, 2.24) is 15.1 Å². The minimum absolute atomic E-state index is 0.0407. The molecule has 0 saturated carbocycles. The Labute approximate surface area is 203 Å². The molecule has 2 fully saturated rings. The number of fused-ring (bicyclic) bond motifs is 1. The first-order valence-electron chi connectivity index (χ1n) is 11.5. The van der Waals surface area contributed by atoms with Gasteiger partial charge in [-0.3, -0.25) is 24.5 Å². The van der Waals surface area contributed by atoms with E-state index in [0.717, 1.165) is 11.1 Å². The molecule has 4 amide bonds. The number of amides is 4. The summed E-state index contributed by atoms with van der Waals surface area (Å²) in [5.41, 5.74) is 3.46. The monoisotopic (exact) mass is 473 g/mol. The Hall–Kier alpha value is -3.66. The van der Waals surface area contributed by atoms with Crippen LogP contribution < -0.4 is 15.5 Å². The molecule has 0 spiro atoms. The second kappa shape index (κ2) is 9.54. The van der Waals surface area contributed by atoms with Crippen LogP contribution >= 0.6 is 0 Å². The maximum absolute atomic E-state index is 13.0. The van der Waals surface area contributed by atoms with Gasteiger partial charge in [0.15, 0.2) is 0 Å². The number of ether oxygens (including phenoxy) is 2. The van der Waals surface area contributed by atoms with Gasteiger partial charge in [-0.1, -0.05) is 29.7 Å². The van der Waals surface area contributed by atoms with E-state index in [4.69, 9.17) is 17.3 Å². The molecule has 2 aromatic carbocycles. The lowest BCUT2D eigenvalue weighted by atomic mass is 9.89. The third-order valence-corrected chi connectivity index (χ3v) is 6.59. The number of morpholine rings is 1. The van der Waals surface area contributed by atoms with E-state index in [0.29, 0.717) is 48.5 Å². The maximum atomic E-state index is 13.0. The Morgan fingerprint density at radius 1 is 1.14 bits per heavy atom. The first-order chi connectivity index (χ1) is 16.9. The Morgan fingerprint density at radius 3 is 2.77 bits per heavy atom. The van der Waals surface area contributed by atoms with Crippen molar-refractivity contribution >= 4 is 36.9 Å². The van der Waals surface area contributed by atoms with Crippen LogP contribution in [0.25, 0.3) is 0 Å². The zero-order valence-electron chi connectivity index (χ0n) is 19.1. The Morgan fingerprint density at radius 2 is 2.00 bits per heavy atom. The van der Waals surface area contributed by atoms with E-state index >= 15 is 0 Å². The lowest BCUT2D eigenvalue weighted by Gasteiger charge is -2.29. The summed E-state index contributed by atoms with van der Waals surface area (Å²) in [4.78, 5) is 52.0. The summed E-state index contributed by atoms with van der Waals surface area (Å²) in [6.07, 6.45) is 0.508. The lowest BCUT2D eigenvalue weighted by molar-refractivity contribution is -0.143. The number of carbonyl (C=O) groups excluding carboxylic acids is 4. The summed E-state index contributed by atoms with van der Waals surface area (Å²) in [5.74, 6) is -0.508. The molecule has 3 heterocycles. The first-order valence-corrected chi connectivity index (χ1v) is 11.5. The lowest BCUT2D eigenvalue weighted by Crippen LogP contribution is -2.52. The molecule has 9 nitrogen and oxygen atoms in total. The summed E-state index contributed by atoms with van der Waals surface area (Å²) in [5, 5.41) is 2.31. The number of hydrogen-bond acceptors (Lipinski definition) is 6. The van der Waals surface area contributed by atoms with Crippen LogP contribution in [0.3, 0.4) is 0 Å². The van der Waals surface area contributed by atoms with Crippen molar-refractivity contribution in [2.45, 2.75) is 38.6 Å². The molecule has 2 aromatic rings. The van der Waals surface area contributed by atoms with E-state index in [9.17, 15) is 19.2 Å². The molecule has 0 aliphatic carbocycles. The predicted octanol–water partition coefficient (Wildman–Crippen LogP) is 0.179. The fraction of sp³-hybridized carbons (Fsp3) is 0.360. The molecule has 3 aliphatic heterocycles. The fourth-order valence-corrected chi connectivity index (χ4v) is 4.66. The molecule has 0 aromatic heterocycles. The van der Waals surface area contributed by atoms with Crippen LogP contribution in [-0.2, 0) is 38.8 Å². The molecular weight excluding hydrogens is 449 g/mol. The van der Waals surface area contributed by atoms with Crippen LogP contribution in [0.4, 0.5) is 0 Å². The zero-order chi connectivity index (χ0) is 24.5. The van der Waals surface area contributed by atoms with Gasteiger partial charge in [0.1, 0.15) is 32.9 Å². The average molecular weight is 473 g/mol. The fourth-order valence-electron chi connectivity index (χ4n) is 4.66. The molecule has 2 saturated heterocycles. The van der Waals surface area contributed by atoms with Crippen molar-refractivity contribution in [1.29, 1.82) is 0 Å². The van der Waals surface area contributed by atoms with Gasteiger partial charge in [-0.2, -0.15) is 0 Å². The van der Waals surface area contributed by atoms with Gasteiger partial charge in [0.2, 0.25) is 17.7 Å². The van der Waals surface area contributed by atoms with Gasteiger partial charge in [-0.05, 0) is 29.7 Å². The first kappa shape index (κ1) is 23.1. The quantitative estimate of drug-likeness (QED) is 0.474. The van der Waals surface area contributed by atoms with Gasteiger partial charge >= 0.3 is 0 Å². The summed E-state index contributed by atoms with van der Waals surface area (Å²) < 4.78 is 11.2. The number of benzene rings is 2. The van der Waals surface area contributed by atoms with E-state index in [1.54, 1.807) is 23.1 Å². The highest BCUT2D eigenvalue weighted by Gasteiger charge is 2.40. The van der Waals surface area contributed by atoms with E-state index in [2.05, 4.69) is 5.32 Å². The van der Waals surface area contributed by atoms with Crippen molar-refractivity contribution in [3.05, 3.63) is 58.7 Å². The molecule has 0 bridgehead atoms. The topological polar surface area (TPSA) is 105 Å². The van der Waals surface area contributed by atoms with Gasteiger partial charge in [-0.15, -0.1) is 0 Å². The maximum Gasteiger partial charge on any atom is 0.255 e. The largest absolute Gasteiger partial charge is 0.489 e. The molecule has 10 heteroatoms. The van der Waals surface area contributed by atoms with Crippen LogP contribution in [0.2, 0.25) is 0 Å². The summed E-state index contributed by atoms with van der Waals surface area (Å²) >= 11 is 0. The normalized spacial score (nSPS) is 20.2. The van der Waals surface area contributed by atoms with Crippen LogP contribution in [0.15, 0.2) is 36.4 Å². The SMILES string of the molecule is [B]c1cc(CN2CCOCC2=O)ccc1COc1cccc2c1CN(C1CCC(=O)NC1=O)C2=O. The predicted molar refractivity (Wildman–Crippen MR) is 125 cm³/mol. The van der Waals surface area contributed by atoms with E-state index in [-0.39, 0.29) is 43.9 Å². The van der Waals surface area contributed by atoms with Crippen molar-refractivity contribution in [2.75, 3.05) is 19.8 Å². The van der Waals surface area contributed by atoms with Crippen LogP contribution in [0, 0.1) is 0 Å². The number of carbonyl (C=O) groups is 4. The number of nitrogens with zero attached hydrogens (tertiary/aromatic N) is 2. The van der Waals surface area contributed by atoms with Crippen molar-refractivity contribution in [3.63, 3.8) is 0 Å². The molecule has 2 radical (unpaired) electrons. The van der Waals surface area contributed by atoms with Gasteiger partial charge < -0.3 is 19.3 Å². The smallest absolute Gasteiger partial charge is 0.255 e. The summed E-state index contributed by atoms with van der Waals surface area (Å²) in [7, 11) is 6.26. The highest BCUT2D eigenvalue weighted by atomic mass is 16.5. The minimum Gasteiger partial charge on any atom is -0.489 e. The highest BCUT2D eigenvalue weighted by molar-refractivity contribution is 6.33. The molecule has 3 aliphatic rings. The van der Waals surface area contributed by atoms with E-state index in [1.807, 2.05) is 18.2 Å². The van der Waals surface area contributed by atoms with E-state index in [1.165, 1.54) is 4.90 Å². The van der Waals surface area contributed by atoms with Crippen LogP contribution in [0.5, 0.6) is 5.75 Å².